The number of aliphatic carboxylic acids is 1. The third-order valence-corrected chi connectivity index (χ3v) is 4.19. The van der Waals surface area contributed by atoms with E-state index in [1.54, 1.807) is 7.11 Å². The highest BCUT2D eigenvalue weighted by molar-refractivity contribution is 9.10. The lowest BCUT2D eigenvalue weighted by atomic mass is 10.00. The number of carboxylic acids is 1. The largest absolute Gasteiger partial charge is 0.493 e. The van der Waals surface area contributed by atoms with Gasteiger partial charge >= 0.3 is 5.97 Å². The molecule has 0 bridgehead atoms. The van der Waals surface area contributed by atoms with E-state index < -0.39 is 5.97 Å². The molecule has 0 aromatic heterocycles. The first kappa shape index (κ1) is 16.1. The van der Waals surface area contributed by atoms with E-state index in [2.05, 4.69) is 21.2 Å². The van der Waals surface area contributed by atoms with E-state index in [0.717, 1.165) is 10.0 Å². The Labute approximate surface area is 132 Å². The second-order valence-electron chi connectivity index (χ2n) is 5.42. The molecule has 2 N–H and O–H groups in total. The van der Waals surface area contributed by atoms with Crippen molar-refractivity contribution in [3.63, 3.8) is 0 Å². The summed E-state index contributed by atoms with van der Waals surface area (Å²) in [6.07, 6.45) is 0.609. The number of carboxylic acid groups (broad SMARTS) is 1. The molecule has 0 radical (unpaired) electrons. The summed E-state index contributed by atoms with van der Waals surface area (Å²) in [4.78, 5) is 11.1. The molecule has 1 aromatic rings. The number of hydrogen-bond donors (Lipinski definition) is 2. The van der Waals surface area contributed by atoms with Gasteiger partial charge in [-0.05, 0) is 38.0 Å². The summed E-state index contributed by atoms with van der Waals surface area (Å²) in [5.74, 6) is 0.227. The lowest BCUT2D eigenvalue weighted by Crippen LogP contribution is -2.17. The van der Waals surface area contributed by atoms with Crippen molar-refractivity contribution in [1.29, 1.82) is 0 Å². The van der Waals surface area contributed by atoms with Crippen molar-refractivity contribution in [2.45, 2.75) is 32.4 Å². The van der Waals surface area contributed by atoms with Crippen LogP contribution < -0.4 is 14.8 Å². The molecule has 0 spiro atoms. The van der Waals surface area contributed by atoms with Gasteiger partial charge in [0.2, 0.25) is 0 Å². The number of nitrogens with one attached hydrogen (secondary N) is 1. The van der Waals surface area contributed by atoms with Crippen LogP contribution in [-0.2, 0) is 4.79 Å². The van der Waals surface area contributed by atoms with E-state index in [1.165, 1.54) is 0 Å². The van der Waals surface area contributed by atoms with Gasteiger partial charge in [-0.1, -0.05) is 15.9 Å². The molecule has 0 aliphatic carbocycles. The predicted octanol–water partition coefficient (Wildman–Crippen LogP) is 2.98. The molecule has 1 aromatic carbocycles. The van der Waals surface area contributed by atoms with E-state index in [1.807, 2.05) is 26.0 Å². The maximum Gasteiger partial charge on any atom is 0.307 e. The Balaban J connectivity index is 2.29. The highest BCUT2D eigenvalue weighted by Crippen LogP contribution is 2.39. The van der Waals surface area contributed by atoms with Gasteiger partial charge in [0.15, 0.2) is 11.5 Å². The Morgan fingerprint density at radius 1 is 1.43 bits per heavy atom. The van der Waals surface area contributed by atoms with Crippen molar-refractivity contribution in [3.8, 4) is 11.5 Å². The van der Waals surface area contributed by atoms with Crippen molar-refractivity contribution < 1.29 is 19.4 Å². The third kappa shape index (κ3) is 3.68. The number of carbonyl (C=O) groups is 1. The molecule has 0 saturated carbocycles. The van der Waals surface area contributed by atoms with Crippen LogP contribution in [0.15, 0.2) is 16.6 Å². The fraction of sp³-hybridized carbons (Fsp3) is 0.533. The highest BCUT2D eigenvalue weighted by Gasteiger charge is 2.31. The maximum absolute atomic E-state index is 11.1. The second-order valence-corrected chi connectivity index (χ2v) is 6.28. The molecular formula is C15H20BrNO4. The number of rotatable bonds is 5. The van der Waals surface area contributed by atoms with Crippen molar-refractivity contribution in [2.75, 3.05) is 13.7 Å². The van der Waals surface area contributed by atoms with E-state index in [4.69, 9.17) is 14.6 Å². The third-order valence-electron chi connectivity index (χ3n) is 3.50. The summed E-state index contributed by atoms with van der Waals surface area (Å²) in [5.41, 5.74) is 0.996. The minimum absolute atomic E-state index is 0.000827. The number of halogens is 1. The molecule has 2 unspecified atom stereocenters. The SMILES string of the molecule is COc1cc(Br)c(C2CC(C(=O)O)CN2)cc1OC(C)C. The molecule has 5 nitrogen and oxygen atoms in total. The van der Waals surface area contributed by atoms with Gasteiger partial charge in [0.1, 0.15) is 0 Å². The minimum atomic E-state index is -0.756. The van der Waals surface area contributed by atoms with Crippen LogP contribution in [0.25, 0.3) is 0 Å². The Morgan fingerprint density at radius 3 is 2.67 bits per heavy atom. The Hall–Kier alpha value is -1.27. The topological polar surface area (TPSA) is 67.8 Å². The average Bonchev–Trinajstić information content (AvgIpc) is 2.89. The molecule has 1 aliphatic rings. The Morgan fingerprint density at radius 2 is 2.14 bits per heavy atom. The lowest BCUT2D eigenvalue weighted by molar-refractivity contribution is -0.141. The van der Waals surface area contributed by atoms with Crippen LogP contribution in [0.4, 0.5) is 0 Å². The van der Waals surface area contributed by atoms with Crippen molar-refractivity contribution in [2.24, 2.45) is 5.92 Å². The number of methoxy groups -OCH3 is 1. The molecule has 1 saturated heterocycles. The van der Waals surface area contributed by atoms with Crippen LogP contribution in [-0.4, -0.2) is 30.8 Å². The van der Waals surface area contributed by atoms with Gasteiger partial charge in [-0.2, -0.15) is 0 Å². The summed E-state index contributed by atoms with van der Waals surface area (Å²) >= 11 is 3.53. The number of hydrogen-bond acceptors (Lipinski definition) is 4. The van der Waals surface area contributed by atoms with E-state index >= 15 is 0 Å². The quantitative estimate of drug-likeness (QED) is 0.847. The summed E-state index contributed by atoms with van der Waals surface area (Å²) in [6.45, 7) is 4.39. The summed E-state index contributed by atoms with van der Waals surface area (Å²) in [6, 6.07) is 3.79. The first-order valence-electron chi connectivity index (χ1n) is 6.92. The molecular weight excluding hydrogens is 338 g/mol. The summed E-state index contributed by atoms with van der Waals surface area (Å²) in [5, 5.41) is 12.4. The average molecular weight is 358 g/mol. The zero-order valence-corrected chi connectivity index (χ0v) is 13.9. The first-order valence-corrected chi connectivity index (χ1v) is 7.72. The van der Waals surface area contributed by atoms with E-state index in [0.29, 0.717) is 24.5 Å². The van der Waals surface area contributed by atoms with Gasteiger partial charge in [0, 0.05) is 17.1 Å². The summed E-state index contributed by atoms with van der Waals surface area (Å²) in [7, 11) is 1.60. The van der Waals surface area contributed by atoms with Crippen LogP contribution >= 0.6 is 15.9 Å². The van der Waals surface area contributed by atoms with Crippen molar-refractivity contribution in [3.05, 3.63) is 22.2 Å². The fourth-order valence-electron chi connectivity index (χ4n) is 2.48. The molecule has 2 atom stereocenters. The molecule has 1 fully saturated rings. The van der Waals surface area contributed by atoms with Crippen LogP contribution in [0.5, 0.6) is 11.5 Å². The van der Waals surface area contributed by atoms with Gasteiger partial charge in [-0.15, -0.1) is 0 Å². The molecule has 116 valence electrons. The van der Waals surface area contributed by atoms with Crippen LogP contribution in [0.1, 0.15) is 31.9 Å². The smallest absolute Gasteiger partial charge is 0.307 e. The monoisotopic (exact) mass is 357 g/mol. The van der Waals surface area contributed by atoms with Gasteiger partial charge in [0.05, 0.1) is 19.1 Å². The molecule has 2 rings (SSSR count). The molecule has 1 aliphatic heterocycles. The Kier molecular flexibility index (Phi) is 5.11. The van der Waals surface area contributed by atoms with E-state index in [-0.39, 0.29) is 18.1 Å². The van der Waals surface area contributed by atoms with Gasteiger partial charge in [-0.3, -0.25) is 4.79 Å². The standard InChI is InChI=1S/C15H20BrNO4/c1-8(2)21-14-5-10(11(16)6-13(14)20-3)12-4-9(7-17-12)15(18)19/h5-6,8-9,12,17H,4,7H2,1-3H3,(H,18,19). The van der Waals surface area contributed by atoms with Crippen LogP contribution in [0.2, 0.25) is 0 Å². The van der Waals surface area contributed by atoms with E-state index in [9.17, 15) is 4.79 Å². The minimum Gasteiger partial charge on any atom is -0.493 e. The maximum atomic E-state index is 11.1. The van der Waals surface area contributed by atoms with Crippen molar-refractivity contribution >= 4 is 21.9 Å². The number of ether oxygens (including phenoxy) is 2. The molecule has 21 heavy (non-hydrogen) atoms. The molecule has 1 heterocycles. The van der Waals surface area contributed by atoms with Crippen molar-refractivity contribution in [1.82, 2.24) is 5.32 Å². The molecule has 6 heteroatoms. The second kappa shape index (κ2) is 6.66. The van der Waals surface area contributed by atoms with Crippen LogP contribution in [0.3, 0.4) is 0 Å². The van der Waals surface area contributed by atoms with Gasteiger partial charge in [-0.25, -0.2) is 0 Å². The predicted molar refractivity (Wildman–Crippen MR) is 82.9 cm³/mol. The highest BCUT2D eigenvalue weighted by atomic mass is 79.9. The van der Waals surface area contributed by atoms with Gasteiger partial charge < -0.3 is 19.9 Å². The van der Waals surface area contributed by atoms with Crippen LogP contribution in [0, 0.1) is 5.92 Å². The summed E-state index contributed by atoms with van der Waals surface area (Å²) < 4.78 is 12.0. The Bertz CT molecular complexity index is 533. The first-order chi connectivity index (χ1) is 9.92. The number of benzene rings is 1. The fourth-order valence-corrected chi connectivity index (χ4v) is 3.08. The normalized spacial score (nSPS) is 21.6. The zero-order chi connectivity index (χ0) is 15.6. The molecule has 0 amide bonds. The lowest BCUT2D eigenvalue weighted by Gasteiger charge is -2.19. The van der Waals surface area contributed by atoms with Gasteiger partial charge in [0.25, 0.3) is 0 Å². The zero-order valence-electron chi connectivity index (χ0n) is 12.4.